The molecule has 0 bridgehead atoms. The van der Waals surface area contributed by atoms with Crippen LogP contribution >= 0.6 is 11.8 Å². The lowest BCUT2D eigenvalue weighted by atomic mass is 9.97. The number of para-hydroxylation sites is 1. The molecule has 0 unspecified atom stereocenters. The molecule has 2 fully saturated rings. The van der Waals surface area contributed by atoms with Crippen LogP contribution in [0.2, 0.25) is 0 Å². The van der Waals surface area contributed by atoms with Gasteiger partial charge in [-0.25, -0.2) is 0 Å². The number of anilines is 1. The van der Waals surface area contributed by atoms with Crippen molar-refractivity contribution in [3.05, 3.63) is 24.3 Å². The van der Waals surface area contributed by atoms with Crippen molar-refractivity contribution in [3.8, 4) is 0 Å². The number of nitrogens with one attached hydrogen (secondary N) is 1. The number of nitrogens with zero attached hydrogens (tertiary/aromatic N) is 2. The maximum Gasteiger partial charge on any atom is 0.250 e. The van der Waals surface area contributed by atoms with E-state index in [2.05, 4.69) is 5.32 Å². The number of likely N-dealkylation sites (tertiary alicyclic amines) is 1. The SMILES string of the molecule is O=C(CN1C(=O)[C@H](C(=O)N2CCCC2)Sc2ccccc21)NC1CCCCCCC1. The topological polar surface area (TPSA) is 69.7 Å². The van der Waals surface area contributed by atoms with Crippen LogP contribution in [0.3, 0.4) is 0 Å². The second kappa shape index (κ2) is 9.86. The molecule has 1 aromatic carbocycles. The Kier molecular flexibility index (Phi) is 6.97. The van der Waals surface area contributed by atoms with E-state index < -0.39 is 5.25 Å². The zero-order valence-corrected chi connectivity index (χ0v) is 18.3. The summed E-state index contributed by atoms with van der Waals surface area (Å²) in [5.41, 5.74) is 0.728. The Morgan fingerprint density at radius 1 is 0.967 bits per heavy atom. The number of rotatable bonds is 4. The van der Waals surface area contributed by atoms with E-state index in [9.17, 15) is 14.4 Å². The molecule has 3 aliphatic rings. The Morgan fingerprint density at radius 3 is 2.37 bits per heavy atom. The monoisotopic (exact) mass is 429 g/mol. The molecule has 1 N–H and O–H groups in total. The van der Waals surface area contributed by atoms with Crippen molar-refractivity contribution in [3.63, 3.8) is 0 Å². The number of carbonyl (C=O) groups excluding carboxylic acids is 3. The number of carbonyl (C=O) groups is 3. The smallest absolute Gasteiger partial charge is 0.250 e. The first kappa shape index (κ1) is 21.2. The van der Waals surface area contributed by atoms with Gasteiger partial charge >= 0.3 is 0 Å². The molecule has 0 aromatic heterocycles. The largest absolute Gasteiger partial charge is 0.352 e. The fraction of sp³-hybridized carbons (Fsp3) is 0.609. The molecule has 0 radical (unpaired) electrons. The van der Waals surface area contributed by atoms with Gasteiger partial charge in [0, 0.05) is 24.0 Å². The summed E-state index contributed by atoms with van der Waals surface area (Å²) in [5, 5.41) is 2.35. The summed E-state index contributed by atoms with van der Waals surface area (Å²) >= 11 is 1.32. The van der Waals surface area contributed by atoms with Gasteiger partial charge < -0.3 is 15.1 Å². The lowest BCUT2D eigenvalue weighted by molar-refractivity contribution is -0.134. The van der Waals surface area contributed by atoms with E-state index >= 15 is 0 Å². The van der Waals surface area contributed by atoms with Gasteiger partial charge in [0.1, 0.15) is 6.54 Å². The van der Waals surface area contributed by atoms with E-state index in [0.29, 0.717) is 13.1 Å². The van der Waals surface area contributed by atoms with Crippen LogP contribution in [0.25, 0.3) is 0 Å². The summed E-state index contributed by atoms with van der Waals surface area (Å²) in [6.45, 7) is 1.40. The summed E-state index contributed by atoms with van der Waals surface area (Å²) in [5.74, 6) is -0.533. The van der Waals surface area contributed by atoms with Crippen molar-refractivity contribution in [2.24, 2.45) is 0 Å². The number of fused-ring (bicyclic) bond motifs is 1. The van der Waals surface area contributed by atoms with E-state index in [1.165, 1.54) is 35.9 Å². The summed E-state index contributed by atoms with van der Waals surface area (Å²) in [6, 6.07) is 7.75. The third kappa shape index (κ3) is 4.82. The third-order valence-corrected chi connectivity index (χ3v) is 7.54. The number of benzene rings is 1. The first-order valence-corrected chi connectivity index (χ1v) is 12.2. The lowest BCUT2D eigenvalue weighted by Gasteiger charge is -2.34. The summed E-state index contributed by atoms with van der Waals surface area (Å²) in [7, 11) is 0. The van der Waals surface area contributed by atoms with Crippen molar-refractivity contribution in [1.29, 1.82) is 0 Å². The Bertz CT molecular complexity index is 786. The van der Waals surface area contributed by atoms with Crippen molar-refractivity contribution in [2.75, 3.05) is 24.5 Å². The number of thioether (sulfide) groups is 1. The van der Waals surface area contributed by atoms with Crippen molar-refractivity contribution < 1.29 is 14.4 Å². The van der Waals surface area contributed by atoms with Crippen LogP contribution in [0.15, 0.2) is 29.2 Å². The fourth-order valence-corrected chi connectivity index (χ4v) is 5.85. The first-order valence-electron chi connectivity index (χ1n) is 11.3. The van der Waals surface area contributed by atoms with Crippen LogP contribution in [-0.2, 0) is 14.4 Å². The fourth-order valence-electron chi connectivity index (χ4n) is 4.66. The first-order chi connectivity index (χ1) is 14.6. The van der Waals surface area contributed by atoms with Gasteiger partial charge in [0.05, 0.1) is 5.69 Å². The zero-order chi connectivity index (χ0) is 20.9. The average Bonchev–Trinajstić information content (AvgIpc) is 3.26. The minimum Gasteiger partial charge on any atom is -0.352 e. The molecular weight excluding hydrogens is 398 g/mol. The van der Waals surface area contributed by atoms with Crippen molar-refractivity contribution >= 4 is 35.2 Å². The number of hydrogen-bond donors (Lipinski definition) is 1. The molecule has 1 saturated heterocycles. The van der Waals surface area contributed by atoms with E-state index in [0.717, 1.165) is 49.1 Å². The van der Waals surface area contributed by atoms with Gasteiger partial charge in [-0.3, -0.25) is 14.4 Å². The summed E-state index contributed by atoms with van der Waals surface area (Å²) < 4.78 is 0. The van der Waals surface area contributed by atoms with Gasteiger partial charge in [-0.1, -0.05) is 44.2 Å². The number of hydrogen-bond acceptors (Lipinski definition) is 4. The van der Waals surface area contributed by atoms with Crippen molar-refractivity contribution in [1.82, 2.24) is 10.2 Å². The number of amides is 3. The molecule has 1 atom stereocenters. The minimum atomic E-state index is -0.799. The summed E-state index contributed by atoms with van der Waals surface area (Å²) in [6.07, 6.45) is 9.99. The normalized spacial score (nSPS) is 22.9. The van der Waals surface area contributed by atoms with Gasteiger partial charge in [-0.15, -0.1) is 11.8 Å². The molecule has 30 heavy (non-hydrogen) atoms. The molecule has 0 spiro atoms. The predicted octanol–water partition coefficient (Wildman–Crippen LogP) is 3.35. The highest BCUT2D eigenvalue weighted by Crippen LogP contribution is 2.40. The van der Waals surface area contributed by atoms with Gasteiger partial charge in [0.25, 0.3) is 5.91 Å². The lowest BCUT2D eigenvalue weighted by Crippen LogP contribution is -2.52. The molecule has 4 rings (SSSR count). The molecule has 3 amide bonds. The predicted molar refractivity (Wildman–Crippen MR) is 119 cm³/mol. The maximum absolute atomic E-state index is 13.3. The molecule has 1 aliphatic carbocycles. The van der Waals surface area contributed by atoms with Gasteiger partial charge in [0.15, 0.2) is 5.25 Å². The zero-order valence-electron chi connectivity index (χ0n) is 17.5. The standard InChI is InChI=1S/C23H31N3O3S/c27-20(24-17-10-4-2-1-3-5-11-17)16-26-18-12-6-7-13-19(18)30-21(23(26)29)22(28)25-14-8-9-15-25/h6-7,12-13,17,21H,1-5,8-11,14-16H2,(H,24,27)/t21-/m0/s1. The highest BCUT2D eigenvalue weighted by atomic mass is 32.2. The van der Waals surface area contributed by atoms with Crippen LogP contribution in [-0.4, -0.2) is 53.5 Å². The Labute approximate surface area is 182 Å². The molecule has 162 valence electrons. The van der Waals surface area contributed by atoms with E-state index in [1.807, 2.05) is 24.3 Å². The molecule has 2 heterocycles. The van der Waals surface area contributed by atoms with Crippen LogP contribution in [0.5, 0.6) is 0 Å². The highest BCUT2D eigenvalue weighted by Gasteiger charge is 2.41. The molecular formula is C23H31N3O3S. The van der Waals surface area contributed by atoms with Crippen LogP contribution in [0.1, 0.15) is 57.8 Å². The maximum atomic E-state index is 13.3. The quantitative estimate of drug-likeness (QED) is 0.746. The molecule has 1 saturated carbocycles. The van der Waals surface area contributed by atoms with Crippen LogP contribution in [0, 0.1) is 0 Å². The molecule has 1 aromatic rings. The minimum absolute atomic E-state index is 0.0311. The van der Waals surface area contributed by atoms with E-state index in [-0.39, 0.29) is 30.3 Å². The molecule has 6 nitrogen and oxygen atoms in total. The third-order valence-electron chi connectivity index (χ3n) is 6.31. The summed E-state index contributed by atoms with van der Waals surface area (Å²) in [4.78, 5) is 43.3. The Hall–Kier alpha value is -2.02. The Morgan fingerprint density at radius 2 is 1.63 bits per heavy atom. The van der Waals surface area contributed by atoms with Crippen molar-refractivity contribution in [2.45, 2.75) is 74.0 Å². The second-order valence-electron chi connectivity index (χ2n) is 8.53. The Balaban J connectivity index is 1.48. The second-order valence-corrected chi connectivity index (χ2v) is 9.68. The molecule has 2 aliphatic heterocycles. The van der Waals surface area contributed by atoms with E-state index in [1.54, 1.807) is 4.90 Å². The van der Waals surface area contributed by atoms with Crippen LogP contribution in [0.4, 0.5) is 5.69 Å². The highest BCUT2D eigenvalue weighted by molar-refractivity contribution is 8.01. The van der Waals surface area contributed by atoms with Gasteiger partial charge in [0.2, 0.25) is 11.8 Å². The van der Waals surface area contributed by atoms with E-state index in [4.69, 9.17) is 0 Å². The average molecular weight is 430 g/mol. The van der Waals surface area contributed by atoms with Gasteiger partial charge in [-0.2, -0.15) is 0 Å². The molecule has 7 heteroatoms. The van der Waals surface area contributed by atoms with Gasteiger partial charge in [-0.05, 0) is 37.8 Å². The van der Waals surface area contributed by atoms with Crippen LogP contribution < -0.4 is 10.2 Å².